The molecule has 0 aliphatic carbocycles. The topological polar surface area (TPSA) is 87.8 Å². The van der Waals surface area contributed by atoms with Gasteiger partial charge in [-0.05, 0) is 24.3 Å². The fourth-order valence-corrected chi connectivity index (χ4v) is 2.74. The first kappa shape index (κ1) is 16.4. The molecule has 1 aromatic heterocycles. The van der Waals surface area contributed by atoms with E-state index in [1.54, 1.807) is 15.6 Å². The number of carbonyl (C=O) groups excluding carboxylic acids is 1. The number of fused-ring (bicyclic) bond motifs is 1. The number of halogens is 1. The number of nitrogens with zero attached hydrogens (tertiary/aromatic N) is 3. The van der Waals surface area contributed by atoms with E-state index in [4.69, 9.17) is 9.84 Å². The summed E-state index contributed by atoms with van der Waals surface area (Å²) in [5, 5.41) is 22.9. The molecule has 0 saturated heterocycles. The first-order valence-corrected chi connectivity index (χ1v) is 7.52. The van der Waals surface area contributed by atoms with Gasteiger partial charge in [0.15, 0.2) is 0 Å². The summed E-state index contributed by atoms with van der Waals surface area (Å²) in [5.74, 6) is -0.519. The minimum Gasteiger partial charge on any atom is -0.496 e. The molecule has 7 nitrogen and oxygen atoms in total. The maximum absolute atomic E-state index is 13.5. The van der Waals surface area contributed by atoms with Crippen LogP contribution < -0.4 is 4.74 Å². The predicted octanol–water partition coefficient (Wildman–Crippen LogP) is 0.713. The van der Waals surface area contributed by atoms with E-state index in [0.717, 1.165) is 11.8 Å². The molecular weight excluding hydrogens is 317 g/mol. The van der Waals surface area contributed by atoms with Gasteiger partial charge in [-0.1, -0.05) is 0 Å². The first-order chi connectivity index (χ1) is 11.5. The van der Waals surface area contributed by atoms with Gasteiger partial charge in [0.05, 0.1) is 43.8 Å². The smallest absolute Gasteiger partial charge is 0.258 e. The van der Waals surface area contributed by atoms with E-state index < -0.39 is 18.5 Å². The van der Waals surface area contributed by atoms with Crippen LogP contribution in [-0.2, 0) is 13.1 Å². The van der Waals surface area contributed by atoms with Crippen LogP contribution in [0.5, 0.6) is 5.75 Å². The fourth-order valence-electron chi connectivity index (χ4n) is 2.74. The van der Waals surface area contributed by atoms with Crippen molar-refractivity contribution in [3.63, 3.8) is 0 Å². The van der Waals surface area contributed by atoms with Crippen LogP contribution in [-0.4, -0.2) is 51.1 Å². The predicted molar refractivity (Wildman–Crippen MR) is 82.0 cm³/mol. The van der Waals surface area contributed by atoms with E-state index in [1.165, 1.54) is 19.2 Å². The Morgan fingerprint density at radius 3 is 2.92 bits per heavy atom. The molecule has 0 fully saturated rings. The molecule has 0 saturated carbocycles. The number of amides is 1. The van der Waals surface area contributed by atoms with Crippen LogP contribution in [0.2, 0.25) is 0 Å². The van der Waals surface area contributed by atoms with E-state index >= 15 is 0 Å². The molecule has 2 aromatic rings. The number of aromatic nitrogens is 2. The van der Waals surface area contributed by atoms with Crippen molar-refractivity contribution < 1.29 is 24.1 Å². The molecule has 0 radical (unpaired) electrons. The highest BCUT2D eigenvalue weighted by molar-refractivity contribution is 5.97. The molecule has 1 aromatic carbocycles. The molecule has 1 amide bonds. The van der Waals surface area contributed by atoms with Gasteiger partial charge in [0.1, 0.15) is 17.7 Å². The number of ether oxygens (including phenoxy) is 1. The summed E-state index contributed by atoms with van der Waals surface area (Å²) in [4.78, 5) is 14.3. The third-order valence-corrected chi connectivity index (χ3v) is 4.01. The molecule has 1 unspecified atom stereocenters. The second-order valence-corrected chi connectivity index (χ2v) is 5.55. The van der Waals surface area contributed by atoms with Crippen molar-refractivity contribution in [2.24, 2.45) is 0 Å². The highest BCUT2D eigenvalue weighted by Crippen LogP contribution is 2.24. The molecule has 1 aliphatic rings. The molecule has 8 heteroatoms. The van der Waals surface area contributed by atoms with Crippen LogP contribution in [0, 0.1) is 5.82 Å². The van der Waals surface area contributed by atoms with E-state index in [9.17, 15) is 14.3 Å². The number of hydrogen-bond donors (Lipinski definition) is 2. The van der Waals surface area contributed by atoms with Crippen LogP contribution >= 0.6 is 0 Å². The Kier molecular flexibility index (Phi) is 4.50. The number of aliphatic hydroxyl groups excluding tert-OH is 2. The standard InChI is InChI=1S/C16H18FN3O4/c1-24-15-3-2-10(17)6-12(15)16(23)19-4-5-20-11(8-19)7-13(18-20)14(22)9-21/h2-3,6-7,14,21-22H,4-5,8-9H2,1H3. The van der Waals surface area contributed by atoms with Gasteiger partial charge < -0.3 is 19.8 Å². The van der Waals surface area contributed by atoms with E-state index in [-0.39, 0.29) is 18.0 Å². The van der Waals surface area contributed by atoms with Crippen LogP contribution in [0.25, 0.3) is 0 Å². The Morgan fingerprint density at radius 1 is 1.42 bits per heavy atom. The number of carbonyl (C=O) groups is 1. The molecular formula is C16H18FN3O4. The van der Waals surface area contributed by atoms with Gasteiger partial charge in [-0.15, -0.1) is 0 Å². The van der Waals surface area contributed by atoms with Crippen LogP contribution in [0.4, 0.5) is 4.39 Å². The summed E-state index contributed by atoms with van der Waals surface area (Å²) in [6.45, 7) is 0.724. The summed E-state index contributed by atoms with van der Waals surface area (Å²) in [6.07, 6.45) is -1.05. The van der Waals surface area contributed by atoms with Gasteiger partial charge >= 0.3 is 0 Å². The first-order valence-electron chi connectivity index (χ1n) is 7.52. The SMILES string of the molecule is COc1ccc(F)cc1C(=O)N1CCn2nc(C(O)CO)cc2C1. The Hall–Kier alpha value is -2.45. The lowest BCUT2D eigenvalue weighted by molar-refractivity contribution is 0.0700. The number of methoxy groups -OCH3 is 1. The van der Waals surface area contributed by atoms with Gasteiger partial charge in [0.2, 0.25) is 0 Å². The molecule has 1 aliphatic heterocycles. The lowest BCUT2D eigenvalue weighted by Crippen LogP contribution is -2.38. The average Bonchev–Trinajstić information content (AvgIpc) is 3.03. The van der Waals surface area contributed by atoms with Crippen molar-refractivity contribution in [1.82, 2.24) is 14.7 Å². The fraction of sp³-hybridized carbons (Fsp3) is 0.375. The lowest BCUT2D eigenvalue weighted by Gasteiger charge is -2.28. The highest BCUT2D eigenvalue weighted by Gasteiger charge is 2.26. The Labute approximate surface area is 137 Å². The van der Waals surface area contributed by atoms with Gasteiger partial charge in [-0.2, -0.15) is 5.10 Å². The third kappa shape index (κ3) is 2.98. The van der Waals surface area contributed by atoms with E-state index in [0.29, 0.717) is 24.5 Å². The minimum atomic E-state index is -1.05. The monoisotopic (exact) mass is 335 g/mol. The lowest BCUT2D eigenvalue weighted by atomic mass is 10.1. The van der Waals surface area contributed by atoms with Gasteiger partial charge in [0, 0.05) is 6.54 Å². The van der Waals surface area contributed by atoms with Gasteiger partial charge in [0.25, 0.3) is 5.91 Å². The minimum absolute atomic E-state index is 0.168. The molecule has 24 heavy (non-hydrogen) atoms. The number of aliphatic hydroxyl groups is 2. The summed E-state index contributed by atoms with van der Waals surface area (Å²) in [7, 11) is 1.43. The van der Waals surface area contributed by atoms with Crippen molar-refractivity contribution in [3.05, 3.63) is 47.0 Å². The number of benzene rings is 1. The van der Waals surface area contributed by atoms with Crippen molar-refractivity contribution >= 4 is 5.91 Å². The van der Waals surface area contributed by atoms with Crippen LogP contribution in [0.3, 0.4) is 0 Å². The van der Waals surface area contributed by atoms with Crippen molar-refractivity contribution in [3.8, 4) is 5.75 Å². The maximum atomic E-state index is 13.5. The third-order valence-electron chi connectivity index (χ3n) is 4.01. The zero-order chi connectivity index (χ0) is 17.3. The molecule has 2 heterocycles. The Morgan fingerprint density at radius 2 is 2.21 bits per heavy atom. The van der Waals surface area contributed by atoms with E-state index in [2.05, 4.69) is 5.10 Å². The Bertz CT molecular complexity index is 762. The summed E-state index contributed by atoms with van der Waals surface area (Å²) >= 11 is 0. The van der Waals surface area contributed by atoms with Crippen molar-refractivity contribution in [2.45, 2.75) is 19.2 Å². The van der Waals surface area contributed by atoms with E-state index in [1.807, 2.05) is 0 Å². The molecule has 128 valence electrons. The average molecular weight is 335 g/mol. The zero-order valence-electron chi connectivity index (χ0n) is 13.1. The molecule has 1 atom stereocenters. The van der Waals surface area contributed by atoms with Crippen LogP contribution in [0.1, 0.15) is 27.8 Å². The molecule has 2 N–H and O–H groups in total. The summed E-state index contributed by atoms with van der Waals surface area (Å²) < 4.78 is 20.3. The second-order valence-electron chi connectivity index (χ2n) is 5.55. The zero-order valence-corrected chi connectivity index (χ0v) is 13.1. The number of rotatable bonds is 4. The normalized spacial score (nSPS) is 15.1. The molecule has 0 bridgehead atoms. The largest absolute Gasteiger partial charge is 0.496 e. The quantitative estimate of drug-likeness (QED) is 0.859. The van der Waals surface area contributed by atoms with Crippen molar-refractivity contribution in [2.75, 3.05) is 20.3 Å². The van der Waals surface area contributed by atoms with Crippen LogP contribution in [0.15, 0.2) is 24.3 Å². The second kappa shape index (κ2) is 6.58. The molecule has 0 spiro atoms. The van der Waals surface area contributed by atoms with Crippen molar-refractivity contribution in [1.29, 1.82) is 0 Å². The summed E-state index contributed by atoms with van der Waals surface area (Å²) in [5.41, 5.74) is 1.28. The molecule has 3 rings (SSSR count). The summed E-state index contributed by atoms with van der Waals surface area (Å²) in [6, 6.07) is 5.48. The maximum Gasteiger partial charge on any atom is 0.258 e. The van der Waals surface area contributed by atoms with Gasteiger partial charge in [-0.25, -0.2) is 4.39 Å². The Balaban J connectivity index is 1.84. The van der Waals surface area contributed by atoms with Gasteiger partial charge in [-0.3, -0.25) is 9.48 Å². The number of hydrogen-bond acceptors (Lipinski definition) is 5. The highest BCUT2D eigenvalue weighted by atomic mass is 19.1.